The van der Waals surface area contributed by atoms with Crippen molar-refractivity contribution in [3.63, 3.8) is 0 Å². The van der Waals surface area contributed by atoms with Crippen LogP contribution in [0.3, 0.4) is 0 Å². The molecule has 0 bridgehead atoms. The highest BCUT2D eigenvalue weighted by Gasteiger charge is 2.72. The predicted molar refractivity (Wildman–Crippen MR) is 132 cm³/mol. The van der Waals surface area contributed by atoms with E-state index >= 15 is 0 Å². The molecule has 1 aromatic carbocycles. The molecule has 7 nitrogen and oxygen atoms in total. The molecule has 1 aromatic heterocycles. The fraction of sp³-hybridized carbons (Fsp3) is 0.522. The van der Waals surface area contributed by atoms with E-state index in [0.717, 1.165) is 0 Å². The van der Waals surface area contributed by atoms with Gasteiger partial charge in [-0.3, -0.25) is 9.59 Å². The van der Waals surface area contributed by atoms with E-state index in [-0.39, 0.29) is 54.0 Å². The minimum Gasteiger partial charge on any atom is -0.389 e. The molecule has 222 valence electrons. The van der Waals surface area contributed by atoms with Crippen LogP contribution in [-0.2, 0) is 5.60 Å². The third-order valence-corrected chi connectivity index (χ3v) is 7.92. The molecule has 2 amide bonds. The minimum absolute atomic E-state index is 0.0128. The normalized spacial score (nSPS) is 15.9. The monoisotopic (exact) mass is 639 g/mol. The highest BCUT2D eigenvalue weighted by molar-refractivity contribution is 7.17. The second-order valence-corrected chi connectivity index (χ2v) is 11.4. The van der Waals surface area contributed by atoms with Crippen LogP contribution in [0.2, 0.25) is 10.0 Å². The Labute approximate surface area is 236 Å². The molecule has 1 aliphatic heterocycles. The summed E-state index contributed by atoms with van der Waals surface area (Å²) in [7, 11) is 0. The van der Waals surface area contributed by atoms with Crippen LogP contribution in [-0.4, -0.2) is 75.7 Å². The highest BCUT2D eigenvalue weighted by atomic mass is 35.5. The lowest BCUT2D eigenvalue weighted by Gasteiger charge is -2.33. The summed E-state index contributed by atoms with van der Waals surface area (Å²) >= 11 is 12.5. The number of amides is 2. The first-order valence-corrected chi connectivity index (χ1v) is 13.1. The fourth-order valence-corrected chi connectivity index (χ4v) is 5.41. The van der Waals surface area contributed by atoms with Crippen molar-refractivity contribution in [2.75, 3.05) is 19.6 Å². The lowest BCUT2D eigenvalue weighted by Crippen LogP contribution is -2.54. The van der Waals surface area contributed by atoms with E-state index < -0.39 is 62.8 Å². The van der Waals surface area contributed by atoms with E-state index in [1.807, 2.05) is 0 Å². The Balaban J connectivity index is 2.16. The van der Waals surface area contributed by atoms with Crippen molar-refractivity contribution in [2.24, 2.45) is 0 Å². The average Bonchev–Trinajstić information content (AvgIpc) is 3.27. The van der Waals surface area contributed by atoms with Crippen LogP contribution in [0.5, 0.6) is 0 Å². The van der Waals surface area contributed by atoms with E-state index in [4.69, 9.17) is 23.2 Å². The molecule has 40 heavy (non-hydrogen) atoms. The Morgan fingerprint density at radius 2 is 1.60 bits per heavy atom. The van der Waals surface area contributed by atoms with E-state index in [0.29, 0.717) is 17.4 Å². The predicted octanol–water partition coefficient (Wildman–Crippen LogP) is 5.50. The number of piperidine rings is 1. The van der Waals surface area contributed by atoms with E-state index in [2.05, 4.69) is 10.3 Å². The number of thiazole rings is 1. The first kappa shape index (κ1) is 32.3. The topological polar surface area (TPSA) is 103 Å². The van der Waals surface area contributed by atoms with Gasteiger partial charge in [0.15, 0.2) is 5.01 Å². The molecule has 0 unspecified atom stereocenters. The molecule has 2 heterocycles. The van der Waals surface area contributed by atoms with Gasteiger partial charge in [-0.05, 0) is 26.7 Å². The number of hydrogen-bond acceptors (Lipinski definition) is 6. The van der Waals surface area contributed by atoms with Crippen molar-refractivity contribution >= 4 is 46.4 Å². The standard InChI is InChI=1S/C23H22Cl2F7N3O4S/c1-20(2,38)9-33-17(36)18-34-15(19(37)35-7-5-10(26)6-8-35)16(40-18)11-3-4-12(14(25)13(11)24)21(39,22(27,28)29)23(30,31)32/h3-4,10,38-39H,5-9H2,1-2H3,(H,33,36). The van der Waals surface area contributed by atoms with Crippen LogP contribution in [0.1, 0.15) is 52.5 Å². The first-order valence-electron chi connectivity index (χ1n) is 11.5. The molecule has 0 spiro atoms. The number of nitrogens with one attached hydrogen (secondary N) is 1. The molecule has 2 aromatic rings. The molecule has 1 saturated heterocycles. The van der Waals surface area contributed by atoms with Gasteiger partial charge in [-0.2, -0.15) is 26.3 Å². The summed E-state index contributed by atoms with van der Waals surface area (Å²) in [6.07, 6.45) is -13.6. The lowest BCUT2D eigenvalue weighted by molar-refractivity contribution is -0.376. The van der Waals surface area contributed by atoms with Crippen molar-refractivity contribution in [2.45, 2.75) is 56.4 Å². The summed E-state index contributed by atoms with van der Waals surface area (Å²) in [5.74, 6) is -1.64. The molecule has 0 radical (unpaired) electrons. The molecule has 1 fully saturated rings. The molecule has 1 aliphatic rings. The Hall–Kier alpha value is -2.20. The SMILES string of the molecule is CC(C)(O)CNC(=O)c1nc(C(=O)N2CCC(F)CC2)c(-c2ccc(C(O)(C(F)(F)F)C(F)(F)F)c(Cl)c2Cl)s1. The van der Waals surface area contributed by atoms with Gasteiger partial charge in [0.25, 0.3) is 17.4 Å². The van der Waals surface area contributed by atoms with Gasteiger partial charge in [-0.1, -0.05) is 35.3 Å². The van der Waals surface area contributed by atoms with E-state index in [9.17, 15) is 50.5 Å². The number of aliphatic hydroxyl groups is 2. The van der Waals surface area contributed by atoms with Crippen LogP contribution >= 0.6 is 34.5 Å². The van der Waals surface area contributed by atoms with E-state index in [1.54, 1.807) is 0 Å². The summed E-state index contributed by atoms with van der Waals surface area (Å²) in [6.45, 7) is 2.53. The van der Waals surface area contributed by atoms with Gasteiger partial charge < -0.3 is 20.4 Å². The van der Waals surface area contributed by atoms with Gasteiger partial charge in [0.05, 0.1) is 20.5 Å². The number of carbonyl (C=O) groups is 2. The van der Waals surface area contributed by atoms with Crippen molar-refractivity contribution in [3.05, 3.63) is 38.4 Å². The molecular weight excluding hydrogens is 618 g/mol. The number of nitrogens with zero attached hydrogens (tertiary/aromatic N) is 2. The van der Waals surface area contributed by atoms with Gasteiger partial charge in [-0.25, -0.2) is 9.37 Å². The maximum atomic E-state index is 13.6. The Kier molecular flexibility index (Phi) is 9.07. The van der Waals surface area contributed by atoms with Crippen LogP contribution in [0.25, 0.3) is 10.4 Å². The molecule has 17 heteroatoms. The van der Waals surface area contributed by atoms with Crippen molar-refractivity contribution in [1.29, 1.82) is 0 Å². The Morgan fingerprint density at radius 1 is 1.05 bits per heavy atom. The number of halogens is 9. The molecule has 3 rings (SSSR count). The van der Waals surface area contributed by atoms with E-state index in [1.165, 1.54) is 18.7 Å². The number of aromatic nitrogens is 1. The number of rotatable bonds is 6. The molecule has 0 saturated carbocycles. The van der Waals surface area contributed by atoms with Gasteiger partial charge in [0, 0.05) is 30.8 Å². The number of benzene rings is 1. The number of alkyl halides is 7. The fourth-order valence-electron chi connectivity index (χ4n) is 3.79. The largest absolute Gasteiger partial charge is 0.430 e. The van der Waals surface area contributed by atoms with Crippen LogP contribution < -0.4 is 5.32 Å². The van der Waals surface area contributed by atoms with Crippen LogP contribution in [0.4, 0.5) is 30.7 Å². The lowest BCUT2D eigenvalue weighted by atomic mass is 9.91. The molecular formula is C23H22Cl2F7N3O4S. The summed E-state index contributed by atoms with van der Waals surface area (Å²) in [5.41, 5.74) is -9.27. The van der Waals surface area contributed by atoms with Crippen LogP contribution in [0, 0.1) is 0 Å². The zero-order chi connectivity index (χ0) is 30.4. The summed E-state index contributed by atoms with van der Waals surface area (Å²) in [4.78, 5) is 31.0. The van der Waals surface area contributed by atoms with Crippen molar-refractivity contribution in [3.8, 4) is 10.4 Å². The summed E-state index contributed by atoms with van der Waals surface area (Å²) < 4.78 is 94.3. The first-order chi connectivity index (χ1) is 18.2. The number of carbonyl (C=O) groups excluding carboxylic acids is 2. The van der Waals surface area contributed by atoms with Crippen molar-refractivity contribution in [1.82, 2.24) is 15.2 Å². The maximum Gasteiger partial charge on any atom is 0.430 e. The smallest absolute Gasteiger partial charge is 0.389 e. The second kappa shape index (κ2) is 11.2. The molecule has 3 N–H and O–H groups in total. The summed E-state index contributed by atoms with van der Waals surface area (Å²) in [6, 6.07) is 0.948. The zero-order valence-electron chi connectivity index (χ0n) is 20.7. The van der Waals surface area contributed by atoms with Gasteiger partial charge >= 0.3 is 12.4 Å². The second-order valence-electron chi connectivity index (χ2n) is 9.65. The van der Waals surface area contributed by atoms with Gasteiger partial charge in [0.1, 0.15) is 11.9 Å². The van der Waals surface area contributed by atoms with Crippen molar-refractivity contribution < 1.29 is 50.5 Å². The summed E-state index contributed by atoms with van der Waals surface area (Å²) in [5, 5.41) is 19.5. The minimum atomic E-state index is -6.24. The number of likely N-dealkylation sites (tertiary alicyclic amines) is 1. The number of hydrogen-bond donors (Lipinski definition) is 3. The van der Waals surface area contributed by atoms with Gasteiger partial charge in [0.2, 0.25) is 0 Å². The molecule has 0 aliphatic carbocycles. The molecule has 0 atom stereocenters. The maximum absolute atomic E-state index is 13.6. The zero-order valence-corrected chi connectivity index (χ0v) is 23.0. The average molecular weight is 640 g/mol. The quantitative estimate of drug-likeness (QED) is 0.362. The van der Waals surface area contributed by atoms with Gasteiger partial charge in [-0.15, -0.1) is 11.3 Å². The van der Waals surface area contributed by atoms with Crippen LogP contribution in [0.15, 0.2) is 12.1 Å². The Bertz CT molecular complexity index is 1270. The Morgan fingerprint density at radius 3 is 2.10 bits per heavy atom. The third-order valence-electron chi connectivity index (χ3n) is 5.95. The highest BCUT2D eigenvalue weighted by Crippen LogP contribution is 2.54. The third kappa shape index (κ3) is 6.32.